The minimum atomic E-state index is 0.669. The maximum atomic E-state index is 6.65. The van der Waals surface area contributed by atoms with Crippen LogP contribution in [-0.4, -0.2) is 24.8 Å². The van der Waals surface area contributed by atoms with E-state index < -0.39 is 0 Å². The fourth-order valence-electron chi connectivity index (χ4n) is 9.48. The molecule has 0 fully saturated rings. The molecule has 10 aromatic rings. The van der Waals surface area contributed by atoms with Crippen LogP contribution in [0.25, 0.3) is 71.3 Å². The molecule has 0 aliphatic carbocycles. The van der Waals surface area contributed by atoms with Crippen molar-refractivity contribution >= 4 is 54.7 Å². The Morgan fingerprint density at radius 1 is 0.462 bits per heavy atom. The average molecular weight is 849 g/mol. The van der Waals surface area contributed by atoms with Gasteiger partial charge in [0.25, 0.3) is 0 Å². The summed E-state index contributed by atoms with van der Waals surface area (Å²) in [5.74, 6) is 1.81. The molecule has 0 aliphatic rings. The summed E-state index contributed by atoms with van der Waals surface area (Å²) in [5, 5.41) is 7.21. The summed E-state index contributed by atoms with van der Waals surface area (Å²) >= 11 is 0. The van der Waals surface area contributed by atoms with Gasteiger partial charge in [-0.05, 0) is 131 Å². The van der Waals surface area contributed by atoms with E-state index in [1.807, 2.05) is 0 Å². The van der Waals surface area contributed by atoms with Crippen LogP contribution < -0.4 is 14.4 Å². The van der Waals surface area contributed by atoms with E-state index >= 15 is 0 Å². The van der Waals surface area contributed by atoms with E-state index in [4.69, 9.17) is 9.47 Å². The molecular formula is C61H56N2O2. The lowest BCUT2D eigenvalue weighted by Crippen LogP contribution is -2.10. The molecule has 10 rings (SSSR count). The third-order valence-electron chi connectivity index (χ3n) is 12.9. The zero-order chi connectivity index (χ0) is 44.3. The van der Waals surface area contributed by atoms with E-state index in [1.54, 1.807) is 0 Å². The second-order valence-corrected chi connectivity index (χ2v) is 17.4. The van der Waals surface area contributed by atoms with Crippen LogP contribution in [-0.2, 0) is 6.42 Å². The molecular weight excluding hydrogens is 793 g/mol. The number of para-hydroxylation sites is 2. The monoisotopic (exact) mass is 848 g/mol. The molecule has 1 aromatic heterocycles. The van der Waals surface area contributed by atoms with Crippen LogP contribution in [0.1, 0.15) is 56.2 Å². The fourth-order valence-corrected chi connectivity index (χ4v) is 9.48. The number of hydrogen-bond donors (Lipinski definition) is 0. The topological polar surface area (TPSA) is 26.6 Å². The normalized spacial score (nSPS) is 11.5. The number of aromatic nitrogens is 1. The van der Waals surface area contributed by atoms with Crippen LogP contribution in [0.5, 0.6) is 11.5 Å². The highest BCUT2D eigenvalue weighted by atomic mass is 16.5. The van der Waals surface area contributed by atoms with Crippen molar-refractivity contribution in [3.8, 4) is 39.4 Å². The van der Waals surface area contributed by atoms with Crippen molar-refractivity contribution in [1.82, 2.24) is 4.57 Å². The highest BCUT2D eigenvalue weighted by Crippen LogP contribution is 2.46. The van der Waals surface area contributed by atoms with Crippen molar-refractivity contribution in [3.63, 3.8) is 0 Å². The molecule has 1 heterocycles. The third-order valence-corrected chi connectivity index (χ3v) is 12.9. The molecule has 9 aromatic carbocycles. The first-order valence-electron chi connectivity index (χ1n) is 23.3. The second-order valence-electron chi connectivity index (χ2n) is 17.4. The average Bonchev–Trinajstić information content (AvgIpc) is 3.68. The van der Waals surface area contributed by atoms with Crippen molar-refractivity contribution in [1.29, 1.82) is 0 Å². The van der Waals surface area contributed by atoms with Gasteiger partial charge in [0.15, 0.2) is 0 Å². The van der Waals surface area contributed by atoms with Crippen molar-refractivity contribution in [2.45, 2.75) is 52.9 Å². The molecule has 0 aliphatic heterocycles. The van der Waals surface area contributed by atoms with E-state index in [1.165, 1.54) is 71.2 Å². The van der Waals surface area contributed by atoms with Crippen molar-refractivity contribution in [3.05, 3.63) is 199 Å². The number of hydrogen-bond acceptors (Lipinski definition) is 3. The molecule has 0 radical (unpaired) electrons. The fraction of sp³-hybridized carbons (Fsp3) is 0.180. The summed E-state index contributed by atoms with van der Waals surface area (Å²) < 4.78 is 15.6. The van der Waals surface area contributed by atoms with Crippen LogP contribution in [0, 0.1) is 6.92 Å². The zero-order valence-corrected chi connectivity index (χ0v) is 38.0. The minimum Gasteiger partial charge on any atom is -0.493 e. The Balaban J connectivity index is 1.06. The lowest BCUT2D eigenvalue weighted by Gasteiger charge is -2.22. The maximum absolute atomic E-state index is 6.65. The summed E-state index contributed by atoms with van der Waals surface area (Å²) in [6, 6.07) is 66.6. The highest BCUT2D eigenvalue weighted by Gasteiger charge is 2.21. The molecule has 4 heteroatoms. The maximum Gasteiger partial charge on any atom is 0.127 e. The standard InChI is InChI=1S/C61H56N2O2/c1-5-7-33-64-58-31-25-46-35-42(3)23-28-52(46)60(58)61-53-29-24-43(37-47(53)26-32-59(61)65-34-8-6-2)36-44-38-48(45-17-11-9-12-18-45)40-51(39-44)62(4)50-27-30-57-55(41-50)54-21-15-16-22-56(54)63(57)49-19-13-10-14-20-49/h9-32,35,37-41H,5-8,33-34,36H2,1-4H3. The Bertz CT molecular complexity index is 3290. The Labute approximate surface area is 383 Å². The van der Waals surface area contributed by atoms with Gasteiger partial charge in [0.2, 0.25) is 0 Å². The van der Waals surface area contributed by atoms with E-state index in [-0.39, 0.29) is 0 Å². The summed E-state index contributed by atoms with van der Waals surface area (Å²) in [6.07, 6.45) is 4.93. The number of ether oxygens (including phenoxy) is 2. The van der Waals surface area contributed by atoms with E-state index in [2.05, 4.69) is 219 Å². The van der Waals surface area contributed by atoms with Gasteiger partial charge in [-0.15, -0.1) is 0 Å². The Hall–Kier alpha value is -7.30. The van der Waals surface area contributed by atoms with E-state index in [0.717, 1.165) is 71.8 Å². The summed E-state index contributed by atoms with van der Waals surface area (Å²) in [7, 11) is 2.19. The van der Waals surface area contributed by atoms with E-state index in [9.17, 15) is 0 Å². The lowest BCUT2D eigenvalue weighted by molar-refractivity contribution is 0.306. The number of nitrogens with zero attached hydrogens (tertiary/aromatic N) is 2. The Morgan fingerprint density at radius 3 is 1.80 bits per heavy atom. The van der Waals surface area contributed by atoms with Crippen molar-refractivity contribution in [2.75, 3.05) is 25.2 Å². The molecule has 0 spiro atoms. The summed E-state index contributed by atoms with van der Waals surface area (Å²) in [6.45, 7) is 7.92. The molecule has 0 atom stereocenters. The van der Waals surface area contributed by atoms with Gasteiger partial charge in [-0.3, -0.25) is 0 Å². The van der Waals surface area contributed by atoms with Crippen LogP contribution >= 0.6 is 0 Å². The predicted molar refractivity (Wildman–Crippen MR) is 276 cm³/mol. The number of anilines is 2. The first-order chi connectivity index (χ1) is 32.0. The van der Waals surface area contributed by atoms with Gasteiger partial charge in [0, 0.05) is 46.0 Å². The molecule has 322 valence electrons. The van der Waals surface area contributed by atoms with Crippen LogP contribution in [0.2, 0.25) is 0 Å². The first kappa shape index (κ1) is 41.7. The number of aryl methyl sites for hydroxylation is 1. The van der Waals surface area contributed by atoms with Crippen molar-refractivity contribution < 1.29 is 9.47 Å². The molecule has 0 N–H and O–H groups in total. The van der Waals surface area contributed by atoms with Gasteiger partial charge >= 0.3 is 0 Å². The summed E-state index contributed by atoms with van der Waals surface area (Å²) in [4.78, 5) is 2.34. The third kappa shape index (κ3) is 8.33. The summed E-state index contributed by atoms with van der Waals surface area (Å²) in [5.41, 5.74) is 14.2. The minimum absolute atomic E-state index is 0.669. The lowest BCUT2D eigenvalue weighted by atomic mass is 9.90. The predicted octanol–water partition coefficient (Wildman–Crippen LogP) is 16.4. The van der Waals surface area contributed by atoms with Crippen LogP contribution in [0.3, 0.4) is 0 Å². The molecule has 0 unspecified atom stereocenters. The molecule has 0 saturated carbocycles. The Morgan fingerprint density at radius 2 is 1.09 bits per heavy atom. The number of fused-ring (bicyclic) bond motifs is 5. The molecule has 0 saturated heterocycles. The second kappa shape index (κ2) is 18.4. The quantitative estimate of drug-likeness (QED) is 0.0962. The van der Waals surface area contributed by atoms with Gasteiger partial charge in [-0.2, -0.15) is 0 Å². The molecule has 0 bridgehead atoms. The smallest absolute Gasteiger partial charge is 0.127 e. The van der Waals surface area contributed by atoms with Gasteiger partial charge in [0.1, 0.15) is 11.5 Å². The molecule has 65 heavy (non-hydrogen) atoms. The number of unbranched alkanes of at least 4 members (excludes halogenated alkanes) is 2. The highest BCUT2D eigenvalue weighted by molar-refractivity contribution is 6.11. The van der Waals surface area contributed by atoms with E-state index in [0.29, 0.717) is 13.2 Å². The first-order valence-corrected chi connectivity index (χ1v) is 23.3. The van der Waals surface area contributed by atoms with Crippen LogP contribution in [0.4, 0.5) is 11.4 Å². The van der Waals surface area contributed by atoms with Gasteiger partial charge in [-0.25, -0.2) is 0 Å². The Kier molecular flexibility index (Phi) is 11.8. The van der Waals surface area contributed by atoms with Crippen molar-refractivity contribution in [2.24, 2.45) is 0 Å². The molecule has 4 nitrogen and oxygen atoms in total. The van der Waals surface area contributed by atoms with Gasteiger partial charge < -0.3 is 18.9 Å². The molecule has 0 amide bonds. The van der Waals surface area contributed by atoms with Gasteiger partial charge in [0.05, 0.1) is 24.2 Å². The number of rotatable bonds is 15. The van der Waals surface area contributed by atoms with Gasteiger partial charge in [-0.1, -0.05) is 154 Å². The van der Waals surface area contributed by atoms with Crippen LogP contribution in [0.15, 0.2) is 182 Å². The zero-order valence-electron chi connectivity index (χ0n) is 38.0. The SMILES string of the molecule is CCCCOc1ccc2cc(C)ccc2c1-c1c(OCCCC)ccc2cc(Cc3cc(-c4ccccc4)cc(N(C)c4ccc5c(c4)c4ccccc4n5-c4ccccc4)c3)ccc12. The largest absolute Gasteiger partial charge is 0.493 e. The number of benzene rings is 9.